The van der Waals surface area contributed by atoms with Crippen LogP contribution in [-0.2, 0) is 0 Å². The average Bonchev–Trinajstić information content (AvgIpc) is 2.62. The summed E-state index contributed by atoms with van der Waals surface area (Å²) in [4.78, 5) is 0.742. The molecule has 1 unspecified atom stereocenters. The highest BCUT2D eigenvalue weighted by molar-refractivity contribution is 9.09. The van der Waals surface area contributed by atoms with E-state index in [0.717, 1.165) is 14.8 Å². The van der Waals surface area contributed by atoms with E-state index in [1.165, 1.54) is 23.5 Å². The van der Waals surface area contributed by atoms with Gasteiger partial charge in [-0.15, -0.1) is 11.3 Å². The van der Waals surface area contributed by atoms with Gasteiger partial charge in [0.15, 0.2) is 0 Å². The van der Waals surface area contributed by atoms with E-state index >= 15 is 0 Å². The lowest BCUT2D eigenvalue weighted by Crippen LogP contribution is -1.94. The van der Waals surface area contributed by atoms with Gasteiger partial charge in [0.25, 0.3) is 0 Å². The van der Waals surface area contributed by atoms with Crippen molar-refractivity contribution in [2.45, 2.75) is 11.8 Å². The van der Waals surface area contributed by atoms with Crippen LogP contribution < -0.4 is 0 Å². The summed E-state index contributed by atoms with van der Waals surface area (Å²) in [5.74, 6) is -0.279. The van der Waals surface area contributed by atoms with Gasteiger partial charge in [-0.3, -0.25) is 0 Å². The minimum Gasteiger partial charge on any atom is -0.207 e. The largest absolute Gasteiger partial charge is 0.207 e. The Morgan fingerprint density at radius 3 is 2.59 bits per heavy atom. The molecule has 0 aliphatic carbocycles. The van der Waals surface area contributed by atoms with E-state index < -0.39 is 0 Å². The molecule has 2 rings (SSSR count). The molecule has 2 aromatic rings. The zero-order valence-electron chi connectivity index (χ0n) is 8.81. The maximum Gasteiger partial charge on any atom is 0.128 e. The maximum absolute atomic E-state index is 13.7. The van der Waals surface area contributed by atoms with Crippen molar-refractivity contribution in [3.63, 3.8) is 0 Å². The van der Waals surface area contributed by atoms with Crippen molar-refractivity contribution in [1.29, 1.82) is 0 Å². The summed E-state index contributed by atoms with van der Waals surface area (Å²) in [6.45, 7) is 1.93. The molecule has 5 heteroatoms. The molecule has 0 saturated heterocycles. The Morgan fingerprint density at radius 1 is 1.29 bits per heavy atom. The summed E-state index contributed by atoms with van der Waals surface area (Å²) in [6, 6.07) is 6.48. The highest BCUT2D eigenvalue weighted by Gasteiger charge is 2.18. The Kier molecular flexibility index (Phi) is 4.14. The number of hydrogen-bond acceptors (Lipinski definition) is 1. The Balaban J connectivity index is 2.42. The molecule has 0 spiro atoms. The van der Waals surface area contributed by atoms with Crippen LogP contribution in [0.2, 0.25) is 9.36 Å². The average molecular weight is 354 g/mol. The number of hydrogen-bond donors (Lipinski definition) is 0. The molecule has 1 heterocycles. The molecule has 0 amide bonds. The lowest BCUT2D eigenvalue weighted by atomic mass is 10.1. The second-order valence-corrected chi connectivity index (χ2v) is 6.67. The van der Waals surface area contributed by atoms with E-state index in [9.17, 15) is 4.39 Å². The normalized spacial score (nSPS) is 12.8. The number of rotatable bonds is 2. The predicted octanol–water partition coefficient (Wildman–Crippen LogP) is 5.99. The number of alkyl halides is 1. The number of benzene rings is 1. The van der Waals surface area contributed by atoms with Gasteiger partial charge in [-0.05, 0) is 36.8 Å². The summed E-state index contributed by atoms with van der Waals surface area (Å²) < 4.78 is 14.4. The van der Waals surface area contributed by atoms with Crippen LogP contribution in [-0.4, -0.2) is 0 Å². The Labute approximate surface area is 121 Å². The van der Waals surface area contributed by atoms with Crippen molar-refractivity contribution in [1.82, 2.24) is 0 Å². The minimum absolute atomic E-state index is 0.225. The zero-order valence-corrected chi connectivity index (χ0v) is 12.7. The van der Waals surface area contributed by atoms with E-state index in [1.807, 2.05) is 13.0 Å². The van der Waals surface area contributed by atoms with Gasteiger partial charge in [0.2, 0.25) is 0 Å². The molecule has 1 aromatic heterocycles. The molecule has 0 N–H and O–H groups in total. The molecule has 0 aliphatic rings. The summed E-state index contributed by atoms with van der Waals surface area (Å²) in [7, 11) is 0. The zero-order chi connectivity index (χ0) is 12.6. The predicted molar refractivity (Wildman–Crippen MR) is 76.2 cm³/mol. The Morgan fingerprint density at radius 2 is 2.00 bits per heavy atom. The third kappa shape index (κ3) is 2.84. The van der Waals surface area contributed by atoms with E-state index in [-0.39, 0.29) is 10.6 Å². The highest BCUT2D eigenvalue weighted by Crippen LogP contribution is 2.40. The van der Waals surface area contributed by atoms with Crippen molar-refractivity contribution < 1.29 is 4.39 Å². The monoisotopic (exact) mass is 352 g/mol. The SMILES string of the molecule is Cc1cc(C(Br)c2cc(Cl)ccc2F)sc1Cl. The van der Waals surface area contributed by atoms with Crippen LogP contribution in [0, 0.1) is 12.7 Å². The smallest absolute Gasteiger partial charge is 0.128 e. The fraction of sp³-hybridized carbons (Fsp3) is 0.167. The quantitative estimate of drug-likeness (QED) is 0.582. The minimum atomic E-state index is -0.279. The van der Waals surface area contributed by atoms with E-state index in [1.54, 1.807) is 6.07 Å². The lowest BCUT2D eigenvalue weighted by Gasteiger charge is -2.09. The van der Waals surface area contributed by atoms with Gasteiger partial charge >= 0.3 is 0 Å². The molecular formula is C12H8BrCl2FS. The third-order valence-electron chi connectivity index (χ3n) is 2.36. The summed E-state index contributed by atoms with van der Waals surface area (Å²) in [5.41, 5.74) is 1.52. The van der Waals surface area contributed by atoms with Crippen molar-refractivity contribution >= 4 is 50.5 Å². The number of aryl methyl sites for hydroxylation is 1. The molecule has 0 aliphatic heterocycles. The van der Waals surface area contributed by atoms with Crippen molar-refractivity contribution in [2.75, 3.05) is 0 Å². The van der Waals surface area contributed by atoms with Crippen molar-refractivity contribution in [2.24, 2.45) is 0 Å². The molecule has 90 valence electrons. The second kappa shape index (κ2) is 5.27. The molecule has 1 atom stereocenters. The summed E-state index contributed by atoms with van der Waals surface area (Å²) in [6.07, 6.45) is 0. The van der Waals surface area contributed by atoms with Crippen LogP contribution in [0.15, 0.2) is 24.3 Å². The topological polar surface area (TPSA) is 0 Å². The maximum atomic E-state index is 13.7. The molecular weight excluding hydrogens is 346 g/mol. The molecule has 0 nitrogen and oxygen atoms in total. The van der Waals surface area contributed by atoms with E-state index in [4.69, 9.17) is 23.2 Å². The number of halogens is 4. The van der Waals surface area contributed by atoms with Gasteiger partial charge in [0, 0.05) is 15.5 Å². The third-order valence-corrected chi connectivity index (χ3v) is 5.50. The van der Waals surface area contributed by atoms with Crippen LogP contribution in [0.4, 0.5) is 4.39 Å². The molecule has 1 aromatic carbocycles. The molecule has 0 saturated carbocycles. The first-order valence-electron chi connectivity index (χ1n) is 4.84. The van der Waals surface area contributed by atoms with Gasteiger partial charge in [0.1, 0.15) is 5.82 Å². The summed E-state index contributed by atoms with van der Waals surface area (Å²) in [5, 5.41) is 0.519. The Hall–Kier alpha value is -0.0900. The molecule has 0 bridgehead atoms. The van der Waals surface area contributed by atoms with Crippen LogP contribution in [0.1, 0.15) is 20.8 Å². The van der Waals surface area contributed by atoms with Crippen LogP contribution in [0.3, 0.4) is 0 Å². The molecule has 0 radical (unpaired) electrons. The highest BCUT2D eigenvalue weighted by atomic mass is 79.9. The van der Waals surface area contributed by atoms with Crippen LogP contribution in [0.5, 0.6) is 0 Å². The standard InChI is InChI=1S/C12H8BrCl2FS/c1-6-4-10(17-12(6)15)11(13)8-5-7(14)2-3-9(8)16/h2-5,11H,1H3. The van der Waals surface area contributed by atoms with Crippen molar-refractivity contribution in [3.8, 4) is 0 Å². The van der Waals surface area contributed by atoms with Gasteiger partial charge in [0.05, 0.1) is 9.16 Å². The van der Waals surface area contributed by atoms with Gasteiger partial charge < -0.3 is 0 Å². The second-order valence-electron chi connectivity index (χ2n) is 3.63. The summed E-state index contributed by atoms with van der Waals surface area (Å²) >= 11 is 16.8. The van der Waals surface area contributed by atoms with E-state index in [2.05, 4.69) is 15.9 Å². The van der Waals surface area contributed by atoms with Crippen molar-refractivity contribution in [3.05, 3.63) is 55.4 Å². The lowest BCUT2D eigenvalue weighted by molar-refractivity contribution is 0.614. The Bertz CT molecular complexity index is 534. The number of thiophene rings is 1. The first-order valence-corrected chi connectivity index (χ1v) is 7.32. The first kappa shape index (κ1) is 13.3. The van der Waals surface area contributed by atoms with Gasteiger partial charge in [-0.25, -0.2) is 4.39 Å². The molecule has 0 fully saturated rings. The van der Waals surface area contributed by atoms with Gasteiger partial charge in [-0.1, -0.05) is 39.1 Å². The molecule has 17 heavy (non-hydrogen) atoms. The fourth-order valence-corrected chi connectivity index (χ4v) is 3.63. The van der Waals surface area contributed by atoms with Gasteiger partial charge in [-0.2, -0.15) is 0 Å². The van der Waals surface area contributed by atoms with E-state index in [0.29, 0.717) is 10.6 Å². The fourth-order valence-electron chi connectivity index (χ4n) is 1.47. The first-order chi connectivity index (χ1) is 7.99. The van der Waals surface area contributed by atoms with Crippen LogP contribution in [0.25, 0.3) is 0 Å². The van der Waals surface area contributed by atoms with Crippen LogP contribution >= 0.6 is 50.5 Å².